The minimum atomic E-state index is -4.38. The number of hydrogen-bond donors (Lipinski definition) is 2. The number of nitrogens with one attached hydrogen (secondary N) is 2. The molecule has 2 aromatic carbocycles. The van der Waals surface area contributed by atoms with Crippen molar-refractivity contribution >= 4 is 48.9 Å². The Balaban J connectivity index is 1.29. The van der Waals surface area contributed by atoms with E-state index in [-0.39, 0.29) is 58.1 Å². The number of halogens is 1. The fourth-order valence-electron chi connectivity index (χ4n) is 8.38. The predicted octanol–water partition coefficient (Wildman–Crippen LogP) is 3.38. The molecule has 222 valence electrons. The maximum atomic E-state index is 14.4. The first-order valence-corrected chi connectivity index (χ1v) is 17.5. The molecular formula is C29H31FN4O6S2. The third kappa shape index (κ3) is 4.70. The summed E-state index contributed by atoms with van der Waals surface area (Å²) in [4.78, 5) is 30.2. The Morgan fingerprint density at radius 1 is 1.00 bits per heavy atom. The van der Waals surface area contributed by atoms with Gasteiger partial charge in [0.05, 0.1) is 11.9 Å². The van der Waals surface area contributed by atoms with E-state index in [1.54, 1.807) is 17.0 Å². The first kappa shape index (κ1) is 27.5. The second kappa shape index (κ2) is 9.60. The molecule has 5 unspecified atom stereocenters. The van der Waals surface area contributed by atoms with Crippen molar-refractivity contribution in [2.75, 3.05) is 16.3 Å². The summed E-state index contributed by atoms with van der Waals surface area (Å²) in [5.41, 5.74) is 0.874. The van der Waals surface area contributed by atoms with Gasteiger partial charge in [-0.15, -0.1) is 4.40 Å². The number of amides is 1. The van der Waals surface area contributed by atoms with Crippen molar-refractivity contribution in [3.63, 3.8) is 0 Å². The molecule has 10 nitrogen and oxygen atoms in total. The highest BCUT2D eigenvalue weighted by atomic mass is 32.2. The van der Waals surface area contributed by atoms with Gasteiger partial charge in [-0.1, -0.05) is 12.1 Å². The molecule has 4 saturated carbocycles. The average molecular weight is 615 g/mol. The lowest BCUT2D eigenvalue weighted by atomic mass is 9.66. The molecule has 42 heavy (non-hydrogen) atoms. The van der Waals surface area contributed by atoms with Gasteiger partial charge < -0.3 is 10.2 Å². The Bertz CT molecular complexity index is 1730. The van der Waals surface area contributed by atoms with Crippen LogP contribution in [0.25, 0.3) is 0 Å². The summed E-state index contributed by atoms with van der Waals surface area (Å²) in [5.74, 6) is -2.01. The van der Waals surface area contributed by atoms with E-state index in [9.17, 15) is 30.8 Å². The molecule has 5 atom stereocenters. The average Bonchev–Trinajstić information content (AvgIpc) is 3.07. The lowest BCUT2D eigenvalue weighted by Crippen LogP contribution is -2.62. The van der Waals surface area contributed by atoms with E-state index in [2.05, 4.69) is 14.4 Å². The molecular weight excluding hydrogens is 583 g/mol. The topological polar surface area (TPSA) is 142 Å². The number of piperidine rings is 1. The van der Waals surface area contributed by atoms with Crippen LogP contribution in [0, 0.1) is 41.3 Å². The van der Waals surface area contributed by atoms with Crippen molar-refractivity contribution in [3.05, 3.63) is 53.8 Å². The highest BCUT2D eigenvalue weighted by Crippen LogP contribution is 2.56. The summed E-state index contributed by atoms with van der Waals surface area (Å²) in [7, 11) is -8.03. The van der Waals surface area contributed by atoms with Crippen LogP contribution >= 0.6 is 0 Å². The lowest BCUT2D eigenvalue weighted by Gasteiger charge is -2.47. The first-order valence-electron chi connectivity index (χ1n) is 14.2. The van der Waals surface area contributed by atoms with Crippen molar-refractivity contribution < 1.29 is 30.8 Å². The molecule has 5 fully saturated rings. The third-order valence-electron chi connectivity index (χ3n) is 9.66. The van der Waals surface area contributed by atoms with Gasteiger partial charge in [0.1, 0.15) is 16.5 Å². The van der Waals surface area contributed by atoms with Crippen LogP contribution < -0.4 is 10.0 Å². The zero-order chi connectivity index (χ0) is 29.6. The molecule has 13 heteroatoms. The fraction of sp³-hybridized carbons (Fsp3) is 0.483. The number of nitrogens with zero attached hydrogens (tertiary/aromatic N) is 2. The molecule has 1 amide bonds. The summed E-state index contributed by atoms with van der Waals surface area (Å²) in [6.07, 6.45) is 5.86. The largest absolute Gasteiger partial charge is 0.341 e. The van der Waals surface area contributed by atoms with Crippen molar-refractivity contribution in [1.82, 2.24) is 4.90 Å². The van der Waals surface area contributed by atoms with Gasteiger partial charge in [0.2, 0.25) is 15.9 Å². The minimum absolute atomic E-state index is 0.0442. The molecule has 6 aliphatic rings. The number of carbonyl (C=O) groups excluding carboxylic acids is 2. The van der Waals surface area contributed by atoms with Crippen molar-refractivity contribution in [2.24, 2.45) is 39.9 Å². The lowest BCUT2D eigenvalue weighted by molar-refractivity contribution is -0.154. The number of carbonyl (C=O) groups is 2. The van der Waals surface area contributed by atoms with Gasteiger partial charge in [0.25, 0.3) is 10.0 Å². The van der Waals surface area contributed by atoms with Gasteiger partial charge in [-0.05, 0) is 91.7 Å². The number of Topliss-reactive ketones (excluding diaryl/α,β-unsaturated/α-hetero) is 1. The van der Waals surface area contributed by atoms with Gasteiger partial charge in [-0.25, -0.2) is 12.8 Å². The van der Waals surface area contributed by atoms with E-state index >= 15 is 0 Å². The number of benzene rings is 2. The van der Waals surface area contributed by atoms with Gasteiger partial charge in [0.15, 0.2) is 11.7 Å². The summed E-state index contributed by atoms with van der Waals surface area (Å²) >= 11 is 0. The van der Waals surface area contributed by atoms with Gasteiger partial charge >= 0.3 is 0 Å². The zero-order valence-corrected chi connectivity index (χ0v) is 24.5. The van der Waals surface area contributed by atoms with Crippen LogP contribution in [-0.4, -0.2) is 51.6 Å². The molecule has 2 heterocycles. The van der Waals surface area contributed by atoms with Crippen LogP contribution in [0.4, 0.5) is 15.8 Å². The van der Waals surface area contributed by atoms with Gasteiger partial charge in [-0.3, -0.25) is 14.3 Å². The predicted molar refractivity (Wildman–Crippen MR) is 153 cm³/mol. The second-order valence-electron chi connectivity index (χ2n) is 12.5. The monoisotopic (exact) mass is 614 g/mol. The molecule has 4 aliphatic carbocycles. The van der Waals surface area contributed by atoms with E-state index in [4.69, 9.17) is 0 Å². The number of fused-ring (bicyclic) bond motifs is 1. The quantitative estimate of drug-likeness (QED) is 0.492. The summed E-state index contributed by atoms with van der Waals surface area (Å²) < 4.78 is 69.9. The molecule has 0 spiro atoms. The smallest absolute Gasteiger partial charge is 0.286 e. The molecule has 8 rings (SSSR count). The Kier molecular flexibility index (Phi) is 6.29. The van der Waals surface area contributed by atoms with Crippen LogP contribution in [0.1, 0.15) is 37.7 Å². The Labute approximate surface area is 243 Å². The van der Waals surface area contributed by atoms with Crippen molar-refractivity contribution in [2.45, 2.75) is 49.6 Å². The normalized spacial score (nSPS) is 32.9. The van der Waals surface area contributed by atoms with E-state index < -0.39 is 37.8 Å². The van der Waals surface area contributed by atoms with Crippen molar-refractivity contribution in [3.8, 4) is 0 Å². The van der Waals surface area contributed by atoms with Crippen LogP contribution in [0.15, 0.2) is 51.8 Å². The number of hydrogen-bond acceptors (Lipinski definition) is 7. The van der Waals surface area contributed by atoms with Gasteiger partial charge in [0, 0.05) is 24.2 Å². The maximum absolute atomic E-state index is 14.4. The zero-order valence-electron chi connectivity index (χ0n) is 22.9. The number of rotatable bonds is 5. The van der Waals surface area contributed by atoms with E-state index in [0.29, 0.717) is 11.8 Å². The van der Waals surface area contributed by atoms with Crippen LogP contribution in [-0.2, 0) is 36.2 Å². The second-order valence-corrected chi connectivity index (χ2v) is 15.9. The molecule has 0 radical (unpaired) electrons. The van der Waals surface area contributed by atoms with E-state index in [1.165, 1.54) is 24.3 Å². The molecule has 4 bridgehead atoms. The van der Waals surface area contributed by atoms with Gasteiger partial charge in [-0.2, -0.15) is 8.42 Å². The number of sulfonamides is 2. The minimum Gasteiger partial charge on any atom is -0.341 e. The molecule has 0 aromatic heterocycles. The first-order chi connectivity index (χ1) is 19.9. The number of anilines is 2. The van der Waals surface area contributed by atoms with Crippen LogP contribution in [0.3, 0.4) is 0 Å². The Morgan fingerprint density at radius 2 is 1.67 bits per heavy atom. The number of ketones is 1. The van der Waals surface area contributed by atoms with E-state index in [0.717, 1.165) is 50.0 Å². The SMILES string of the molecule is CS(=O)(=O)Nc1ccc2c(c1)S(=O)(=O)N=C(C1C(=O)C3C4CC5CC(C4)CC(C5)C3N(Cc3ccc(F)cc3)C1=O)N2. The molecule has 2 aliphatic heterocycles. The fourth-order valence-corrected chi connectivity index (χ4v) is 10.1. The summed E-state index contributed by atoms with van der Waals surface area (Å²) in [6.45, 7) is 0.180. The number of likely N-dealkylation sites (tertiary alicyclic amines) is 1. The molecule has 2 N–H and O–H groups in total. The highest BCUT2D eigenvalue weighted by molar-refractivity contribution is 7.92. The van der Waals surface area contributed by atoms with Crippen LogP contribution in [0.2, 0.25) is 0 Å². The number of amidine groups is 1. The standard InChI is InChI=1S/C29H31FN4O6S2/c1-41(37,38)32-21-6-7-22-23(13-21)42(39,40)33-28(31-22)25-27(35)24-18-9-16-8-17(10-18)12-19(11-16)26(24)34(29(25)36)14-15-2-4-20(30)5-3-15/h2-7,13,16-19,24-26,32H,8-12,14H2,1H3,(H,31,33). The summed E-state index contributed by atoms with van der Waals surface area (Å²) in [5, 5.41) is 2.93. The Hall–Kier alpha value is -3.32. The molecule has 2 aromatic rings. The third-order valence-corrected chi connectivity index (χ3v) is 11.6. The van der Waals surface area contributed by atoms with E-state index in [1.807, 2.05) is 0 Å². The summed E-state index contributed by atoms with van der Waals surface area (Å²) in [6, 6.07) is 9.57. The highest BCUT2D eigenvalue weighted by Gasteiger charge is 2.59. The molecule has 1 saturated heterocycles. The maximum Gasteiger partial charge on any atom is 0.286 e. The van der Waals surface area contributed by atoms with Crippen LogP contribution in [0.5, 0.6) is 0 Å². The van der Waals surface area contributed by atoms with Crippen molar-refractivity contribution in [1.29, 1.82) is 0 Å². The Morgan fingerprint density at radius 3 is 2.33 bits per heavy atom.